The third-order valence-corrected chi connectivity index (χ3v) is 5.31. The summed E-state index contributed by atoms with van der Waals surface area (Å²) in [5.74, 6) is 1.42. The summed E-state index contributed by atoms with van der Waals surface area (Å²) < 4.78 is 5.90. The van der Waals surface area contributed by atoms with Gasteiger partial charge in [-0.15, -0.1) is 0 Å². The molecule has 1 aliphatic rings. The first-order chi connectivity index (χ1) is 15.7. The lowest BCUT2D eigenvalue weighted by atomic mass is 10.2. The van der Waals surface area contributed by atoms with E-state index in [4.69, 9.17) is 4.74 Å². The molecule has 0 atom stereocenters. The maximum Gasteiger partial charge on any atom is 0.373 e. The Bertz CT molecular complexity index is 1260. The van der Waals surface area contributed by atoms with E-state index in [1.54, 1.807) is 18.5 Å². The smallest absolute Gasteiger partial charge is 0.373 e. The Hall–Kier alpha value is -4.34. The fourth-order valence-electron chi connectivity index (χ4n) is 3.77. The number of piperazine rings is 1. The highest BCUT2D eigenvalue weighted by molar-refractivity contribution is 5.84. The lowest BCUT2D eigenvalue weighted by Crippen LogP contribution is -2.47. The summed E-state index contributed by atoms with van der Waals surface area (Å²) in [6, 6.07) is 14.9. The normalized spacial score (nSPS) is 13.9. The Balaban J connectivity index is 1.43. The quantitative estimate of drug-likeness (QED) is 0.348. The molecule has 4 heterocycles. The summed E-state index contributed by atoms with van der Waals surface area (Å²) in [4.78, 5) is 32.6. The van der Waals surface area contributed by atoms with Gasteiger partial charge in [-0.1, -0.05) is 24.3 Å². The van der Waals surface area contributed by atoms with Gasteiger partial charge in [-0.3, -0.25) is 15.1 Å². The zero-order valence-corrected chi connectivity index (χ0v) is 17.0. The van der Waals surface area contributed by atoms with Gasteiger partial charge >= 0.3 is 11.6 Å². The molecule has 3 aromatic heterocycles. The highest BCUT2D eigenvalue weighted by atomic mass is 16.6. The minimum atomic E-state index is -0.492. The van der Waals surface area contributed by atoms with Crippen molar-refractivity contribution < 1.29 is 9.66 Å². The van der Waals surface area contributed by atoms with Gasteiger partial charge in [-0.25, -0.2) is 9.97 Å². The van der Waals surface area contributed by atoms with E-state index < -0.39 is 4.92 Å². The first kappa shape index (κ1) is 19.6. The van der Waals surface area contributed by atoms with Crippen LogP contribution in [0, 0.1) is 10.1 Å². The highest BCUT2D eigenvalue weighted by Crippen LogP contribution is 2.38. The number of para-hydroxylation sites is 1. The van der Waals surface area contributed by atoms with Crippen LogP contribution in [0.4, 0.5) is 17.3 Å². The molecule has 0 spiro atoms. The van der Waals surface area contributed by atoms with Crippen molar-refractivity contribution >= 4 is 28.2 Å². The predicted octanol–water partition coefficient (Wildman–Crippen LogP) is 3.45. The molecule has 0 radical (unpaired) electrons. The average Bonchev–Trinajstić information content (AvgIpc) is 2.85. The fraction of sp³-hybridized carbons (Fsp3) is 0.182. The number of pyridine rings is 2. The molecule has 1 saturated heterocycles. The molecule has 0 aliphatic carbocycles. The van der Waals surface area contributed by atoms with Crippen molar-refractivity contribution in [1.82, 2.24) is 19.9 Å². The van der Waals surface area contributed by atoms with Gasteiger partial charge in [0.1, 0.15) is 17.7 Å². The number of hydrogen-bond donors (Lipinski definition) is 0. The number of rotatable bonds is 5. The van der Waals surface area contributed by atoms with Crippen LogP contribution in [0.25, 0.3) is 10.9 Å². The van der Waals surface area contributed by atoms with Gasteiger partial charge < -0.3 is 14.5 Å². The first-order valence-electron chi connectivity index (χ1n) is 10.1. The van der Waals surface area contributed by atoms with Gasteiger partial charge in [-0.2, -0.15) is 4.98 Å². The van der Waals surface area contributed by atoms with Crippen LogP contribution in [-0.4, -0.2) is 51.0 Å². The van der Waals surface area contributed by atoms with E-state index in [0.29, 0.717) is 37.4 Å². The maximum atomic E-state index is 12.0. The van der Waals surface area contributed by atoms with E-state index in [2.05, 4.69) is 24.8 Å². The molecule has 0 bridgehead atoms. The minimum absolute atomic E-state index is 0.106. The van der Waals surface area contributed by atoms with Crippen LogP contribution in [0.3, 0.4) is 0 Å². The highest BCUT2D eigenvalue weighted by Gasteiger charge is 2.31. The van der Waals surface area contributed by atoms with Crippen LogP contribution in [-0.2, 0) is 0 Å². The van der Waals surface area contributed by atoms with Crippen LogP contribution < -0.4 is 14.5 Å². The van der Waals surface area contributed by atoms with Gasteiger partial charge in [0.25, 0.3) is 0 Å². The molecule has 32 heavy (non-hydrogen) atoms. The van der Waals surface area contributed by atoms with E-state index in [-0.39, 0.29) is 17.4 Å². The molecule has 0 N–H and O–H groups in total. The molecule has 10 nitrogen and oxygen atoms in total. The largest absolute Gasteiger partial charge is 0.431 e. The second-order valence-corrected chi connectivity index (χ2v) is 7.20. The van der Waals surface area contributed by atoms with Gasteiger partial charge in [0.2, 0.25) is 5.82 Å². The van der Waals surface area contributed by atoms with Crippen LogP contribution in [0.1, 0.15) is 0 Å². The molecule has 10 heteroatoms. The Morgan fingerprint density at radius 1 is 0.844 bits per heavy atom. The average molecular weight is 429 g/mol. The fourth-order valence-corrected chi connectivity index (χ4v) is 3.77. The Labute approximate surface area is 183 Å². The van der Waals surface area contributed by atoms with E-state index in [0.717, 1.165) is 11.2 Å². The predicted molar refractivity (Wildman–Crippen MR) is 119 cm³/mol. The second kappa shape index (κ2) is 8.42. The maximum absolute atomic E-state index is 12.0. The summed E-state index contributed by atoms with van der Waals surface area (Å²) in [7, 11) is 0. The summed E-state index contributed by atoms with van der Waals surface area (Å²) in [6.45, 7) is 2.45. The van der Waals surface area contributed by atoms with Crippen molar-refractivity contribution in [3.8, 4) is 11.6 Å². The number of ether oxygens (including phenoxy) is 1. The van der Waals surface area contributed by atoms with Gasteiger partial charge in [0.15, 0.2) is 5.75 Å². The summed E-state index contributed by atoms with van der Waals surface area (Å²) in [5, 5.41) is 12.9. The number of aromatic nitrogens is 4. The Morgan fingerprint density at radius 3 is 2.41 bits per heavy atom. The topological polar surface area (TPSA) is 110 Å². The third-order valence-electron chi connectivity index (χ3n) is 5.31. The van der Waals surface area contributed by atoms with E-state index >= 15 is 0 Å². The molecule has 1 aliphatic heterocycles. The number of hydrogen-bond acceptors (Lipinski definition) is 9. The third kappa shape index (κ3) is 3.73. The molecule has 160 valence electrons. The summed E-state index contributed by atoms with van der Waals surface area (Å²) in [6.07, 6.45) is 4.69. The zero-order valence-electron chi connectivity index (χ0n) is 17.0. The molecule has 1 aromatic carbocycles. The minimum Gasteiger partial charge on any atom is -0.431 e. The number of anilines is 2. The van der Waals surface area contributed by atoms with E-state index in [9.17, 15) is 10.1 Å². The van der Waals surface area contributed by atoms with Crippen molar-refractivity contribution in [2.24, 2.45) is 0 Å². The van der Waals surface area contributed by atoms with Crippen LogP contribution in [0.2, 0.25) is 0 Å². The van der Waals surface area contributed by atoms with Crippen molar-refractivity contribution in [1.29, 1.82) is 0 Å². The van der Waals surface area contributed by atoms with Crippen LogP contribution >= 0.6 is 0 Å². The summed E-state index contributed by atoms with van der Waals surface area (Å²) >= 11 is 0. The van der Waals surface area contributed by atoms with Crippen LogP contribution in [0.5, 0.6) is 11.6 Å². The van der Waals surface area contributed by atoms with Gasteiger partial charge in [0, 0.05) is 44.0 Å². The van der Waals surface area contributed by atoms with Crippen molar-refractivity contribution in [3.05, 3.63) is 77.4 Å². The molecule has 0 saturated carbocycles. The first-order valence-corrected chi connectivity index (χ1v) is 10.1. The van der Waals surface area contributed by atoms with Crippen molar-refractivity contribution in [3.63, 3.8) is 0 Å². The standard InChI is InChI=1S/C22H19N7O3/c30-29(31)20-21(28-13-11-27(12-14-28)18-8-1-2-9-23-18)25-15-26-22(20)32-17-7-3-5-16-6-4-10-24-19(16)17/h1-10,15H,11-14H2. The Morgan fingerprint density at radius 2 is 1.62 bits per heavy atom. The van der Waals surface area contributed by atoms with Gasteiger partial charge in [0.05, 0.1) is 4.92 Å². The lowest BCUT2D eigenvalue weighted by molar-refractivity contribution is -0.385. The second-order valence-electron chi connectivity index (χ2n) is 7.20. The molecule has 1 fully saturated rings. The number of nitro groups is 1. The SMILES string of the molecule is O=[N+]([O-])c1c(Oc2cccc3cccnc23)ncnc1N1CCN(c2ccccn2)CC1. The number of fused-ring (bicyclic) bond motifs is 1. The van der Waals surface area contributed by atoms with Crippen molar-refractivity contribution in [2.45, 2.75) is 0 Å². The molecule has 0 unspecified atom stereocenters. The number of nitrogens with zero attached hydrogens (tertiary/aromatic N) is 7. The van der Waals surface area contributed by atoms with Crippen LogP contribution in [0.15, 0.2) is 67.3 Å². The monoisotopic (exact) mass is 429 g/mol. The molecule has 0 amide bonds. The summed E-state index contributed by atoms with van der Waals surface area (Å²) in [5.41, 5.74) is 0.347. The lowest BCUT2D eigenvalue weighted by Gasteiger charge is -2.35. The molecule has 5 rings (SSSR count). The molecular weight excluding hydrogens is 410 g/mol. The molecule has 4 aromatic rings. The Kier molecular flexibility index (Phi) is 5.16. The van der Waals surface area contributed by atoms with E-state index in [1.165, 1.54) is 6.33 Å². The van der Waals surface area contributed by atoms with Crippen molar-refractivity contribution in [2.75, 3.05) is 36.0 Å². The zero-order chi connectivity index (χ0) is 21.9. The van der Waals surface area contributed by atoms with Gasteiger partial charge in [-0.05, 0) is 24.3 Å². The molecular formula is C22H19N7O3. The number of benzene rings is 1. The van der Waals surface area contributed by atoms with E-state index in [1.807, 2.05) is 47.4 Å².